The number of carbonyl (C=O) groups excluding carboxylic acids is 2. The van der Waals surface area contributed by atoms with Crippen molar-refractivity contribution < 1.29 is 14.3 Å². The first-order chi connectivity index (χ1) is 8.56. The average Bonchev–Trinajstić information content (AvgIpc) is 3.12. The molecule has 1 fully saturated rings. The fourth-order valence-electron chi connectivity index (χ4n) is 1.45. The van der Waals surface area contributed by atoms with Gasteiger partial charge in [0, 0.05) is 10.7 Å². The van der Waals surface area contributed by atoms with Crippen molar-refractivity contribution in [3.8, 4) is 0 Å². The van der Waals surface area contributed by atoms with Crippen LogP contribution in [-0.2, 0) is 14.3 Å². The van der Waals surface area contributed by atoms with Gasteiger partial charge in [-0.05, 0) is 38.0 Å². The normalized spacial score (nSPS) is 15.9. The topological polar surface area (TPSA) is 55.4 Å². The molecule has 1 saturated carbocycles. The van der Waals surface area contributed by atoms with E-state index in [1.165, 1.54) is 0 Å². The first-order valence-corrected chi connectivity index (χ1v) is 6.21. The van der Waals surface area contributed by atoms with Crippen LogP contribution in [0.25, 0.3) is 0 Å². The molecule has 1 aliphatic rings. The molecule has 2 rings (SSSR count). The number of hydrogen-bond donors (Lipinski definition) is 1. The van der Waals surface area contributed by atoms with E-state index in [-0.39, 0.29) is 17.8 Å². The van der Waals surface area contributed by atoms with Crippen molar-refractivity contribution in [2.24, 2.45) is 5.92 Å². The Balaban J connectivity index is 1.88. The zero-order chi connectivity index (χ0) is 13.1. The molecule has 1 aromatic carbocycles. The maximum Gasteiger partial charge on any atom is 0.309 e. The third kappa shape index (κ3) is 3.47. The highest BCUT2D eigenvalue weighted by atomic mass is 35.5. The molecule has 1 aromatic rings. The van der Waals surface area contributed by atoms with Gasteiger partial charge in [-0.3, -0.25) is 9.59 Å². The molecule has 0 heterocycles. The van der Waals surface area contributed by atoms with Crippen LogP contribution in [0.15, 0.2) is 24.3 Å². The Kier molecular flexibility index (Phi) is 3.87. The number of esters is 1. The van der Waals surface area contributed by atoms with Crippen molar-refractivity contribution in [1.29, 1.82) is 0 Å². The predicted octanol–water partition coefficient (Wildman–Crippen LogP) is 2.62. The lowest BCUT2D eigenvalue weighted by molar-refractivity contribution is -0.154. The summed E-state index contributed by atoms with van der Waals surface area (Å²) >= 11 is 5.81. The maximum absolute atomic E-state index is 11.8. The highest BCUT2D eigenvalue weighted by Gasteiger charge is 2.33. The lowest BCUT2D eigenvalue weighted by atomic mass is 10.3. The Morgan fingerprint density at radius 1 is 1.44 bits per heavy atom. The van der Waals surface area contributed by atoms with Gasteiger partial charge in [-0.15, -0.1) is 0 Å². The lowest BCUT2D eigenvalue weighted by Crippen LogP contribution is -2.30. The standard InChI is InChI=1S/C13H14ClNO3/c1-8(18-13(17)9-5-6-9)12(16)15-11-4-2-3-10(14)7-11/h2-4,7-9H,5-6H2,1H3,(H,15,16)/t8-/m1/s1. The van der Waals surface area contributed by atoms with Gasteiger partial charge in [-0.25, -0.2) is 0 Å². The Labute approximate surface area is 110 Å². The van der Waals surface area contributed by atoms with E-state index in [1.807, 2.05) is 0 Å². The van der Waals surface area contributed by atoms with Crippen LogP contribution in [0.1, 0.15) is 19.8 Å². The highest BCUT2D eigenvalue weighted by molar-refractivity contribution is 6.30. The van der Waals surface area contributed by atoms with Gasteiger partial charge in [0.25, 0.3) is 5.91 Å². The summed E-state index contributed by atoms with van der Waals surface area (Å²) in [6.45, 7) is 1.56. The van der Waals surface area contributed by atoms with Gasteiger partial charge in [0.05, 0.1) is 5.92 Å². The van der Waals surface area contributed by atoms with Gasteiger partial charge in [0.1, 0.15) is 0 Å². The van der Waals surface area contributed by atoms with Gasteiger partial charge in [-0.1, -0.05) is 17.7 Å². The van der Waals surface area contributed by atoms with Crippen LogP contribution in [0, 0.1) is 5.92 Å². The van der Waals surface area contributed by atoms with Crippen LogP contribution in [0.4, 0.5) is 5.69 Å². The van der Waals surface area contributed by atoms with Gasteiger partial charge in [0.15, 0.2) is 6.10 Å². The molecular weight excluding hydrogens is 254 g/mol. The lowest BCUT2D eigenvalue weighted by Gasteiger charge is -2.13. The van der Waals surface area contributed by atoms with Crippen molar-refractivity contribution >= 4 is 29.2 Å². The SMILES string of the molecule is C[C@@H](OC(=O)C1CC1)C(=O)Nc1cccc(Cl)c1. The third-order valence-corrected chi connectivity index (χ3v) is 2.90. The molecule has 18 heavy (non-hydrogen) atoms. The first kappa shape index (κ1) is 12.9. The number of nitrogens with one attached hydrogen (secondary N) is 1. The molecular formula is C13H14ClNO3. The molecule has 1 amide bonds. The summed E-state index contributed by atoms with van der Waals surface area (Å²) in [6, 6.07) is 6.81. The quantitative estimate of drug-likeness (QED) is 0.853. The Morgan fingerprint density at radius 3 is 2.78 bits per heavy atom. The van der Waals surface area contributed by atoms with E-state index in [9.17, 15) is 9.59 Å². The summed E-state index contributed by atoms with van der Waals surface area (Å²) in [7, 11) is 0. The van der Waals surface area contributed by atoms with Crippen molar-refractivity contribution in [1.82, 2.24) is 0 Å². The number of halogens is 1. The van der Waals surface area contributed by atoms with Gasteiger partial charge in [0.2, 0.25) is 0 Å². The fourth-order valence-corrected chi connectivity index (χ4v) is 1.64. The summed E-state index contributed by atoms with van der Waals surface area (Å²) < 4.78 is 5.05. The van der Waals surface area contributed by atoms with Crippen LogP contribution in [0.3, 0.4) is 0 Å². The molecule has 0 saturated heterocycles. The molecule has 4 nitrogen and oxygen atoms in total. The van der Waals surface area contributed by atoms with Crippen LogP contribution >= 0.6 is 11.6 Å². The number of carbonyl (C=O) groups is 2. The molecule has 1 atom stereocenters. The number of hydrogen-bond acceptors (Lipinski definition) is 3. The van der Waals surface area contributed by atoms with Gasteiger partial charge >= 0.3 is 5.97 Å². The molecule has 0 spiro atoms. The van der Waals surface area contributed by atoms with Crippen molar-refractivity contribution in [2.45, 2.75) is 25.9 Å². The number of benzene rings is 1. The molecule has 0 aliphatic heterocycles. The van der Waals surface area contributed by atoms with Crippen molar-refractivity contribution in [2.75, 3.05) is 5.32 Å². The van der Waals surface area contributed by atoms with E-state index in [0.29, 0.717) is 10.7 Å². The fraction of sp³-hybridized carbons (Fsp3) is 0.385. The zero-order valence-electron chi connectivity index (χ0n) is 9.98. The van der Waals surface area contributed by atoms with Gasteiger partial charge in [-0.2, -0.15) is 0 Å². The van der Waals surface area contributed by atoms with E-state index in [2.05, 4.69) is 5.32 Å². The third-order valence-electron chi connectivity index (χ3n) is 2.66. The molecule has 0 unspecified atom stereocenters. The second-order valence-corrected chi connectivity index (χ2v) is 4.79. The van der Waals surface area contributed by atoms with Crippen LogP contribution in [0.2, 0.25) is 5.02 Å². The zero-order valence-corrected chi connectivity index (χ0v) is 10.7. The number of ether oxygens (including phenoxy) is 1. The Hall–Kier alpha value is -1.55. The minimum Gasteiger partial charge on any atom is -0.452 e. The molecule has 96 valence electrons. The van der Waals surface area contributed by atoms with Gasteiger partial charge < -0.3 is 10.1 Å². The smallest absolute Gasteiger partial charge is 0.309 e. The molecule has 1 aliphatic carbocycles. The van der Waals surface area contributed by atoms with Crippen LogP contribution in [0.5, 0.6) is 0 Å². The van der Waals surface area contributed by atoms with E-state index in [4.69, 9.17) is 16.3 Å². The molecule has 1 N–H and O–H groups in total. The number of amides is 1. The van der Waals surface area contributed by atoms with E-state index in [1.54, 1.807) is 31.2 Å². The van der Waals surface area contributed by atoms with Crippen LogP contribution in [-0.4, -0.2) is 18.0 Å². The van der Waals surface area contributed by atoms with Crippen molar-refractivity contribution in [3.05, 3.63) is 29.3 Å². The van der Waals surface area contributed by atoms with Crippen molar-refractivity contribution in [3.63, 3.8) is 0 Å². The van der Waals surface area contributed by atoms with E-state index in [0.717, 1.165) is 12.8 Å². The summed E-state index contributed by atoms with van der Waals surface area (Å²) in [5.74, 6) is -0.651. The molecule has 0 bridgehead atoms. The minimum atomic E-state index is -0.794. The Bertz CT molecular complexity index is 471. The summed E-state index contributed by atoms with van der Waals surface area (Å²) in [6.07, 6.45) is 0.931. The van der Waals surface area contributed by atoms with E-state index >= 15 is 0 Å². The molecule has 5 heteroatoms. The largest absolute Gasteiger partial charge is 0.452 e. The summed E-state index contributed by atoms with van der Waals surface area (Å²) in [5.41, 5.74) is 0.585. The monoisotopic (exact) mass is 267 g/mol. The summed E-state index contributed by atoms with van der Waals surface area (Å²) in [4.78, 5) is 23.2. The predicted molar refractivity (Wildman–Crippen MR) is 68.4 cm³/mol. The second kappa shape index (κ2) is 5.40. The van der Waals surface area contributed by atoms with Crippen LogP contribution < -0.4 is 5.32 Å². The summed E-state index contributed by atoms with van der Waals surface area (Å²) in [5, 5.41) is 3.18. The molecule has 0 aromatic heterocycles. The second-order valence-electron chi connectivity index (χ2n) is 4.35. The first-order valence-electron chi connectivity index (χ1n) is 5.83. The Morgan fingerprint density at radius 2 is 2.17 bits per heavy atom. The molecule has 0 radical (unpaired) electrons. The highest BCUT2D eigenvalue weighted by Crippen LogP contribution is 2.30. The maximum atomic E-state index is 11.8. The number of rotatable bonds is 4. The van der Waals surface area contributed by atoms with E-state index < -0.39 is 6.10 Å². The number of anilines is 1. The average molecular weight is 268 g/mol. The minimum absolute atomic E-state index is 0.00794.